The molecule has 25 heavy (non-hydrogen) atoms. The fraction of sp³-hybridized carbons (Fsp3) is 0.143. The molecule has 2 nitrogen and oxygen atoms in total. The Labute approximate surface area is 159 Å². The van der Waals surface area contributed by atoms with E-state index in [1.807, 2.05) is 0 Å². The largest absolute Gasteiger partial charge is 0.172 e. The molecule has 4 heteroatoms. The van der Waals surface area contributed by atoms with Gasteiger partial charge in [-0.05, 0) is 55.9 Å². The molecule has 122 valence electrons. The number of hydrogen-bond donors (Lipinski definition) is 0. The molecule has 1 aromatic heterocycles. The van der Waals surface area contributed by atoms with Gasteiger partial charge in [0.1, 0.15) is 11.0 Å². The first-order chi connectivity index (χ1) is 12.1. The molecule has 0 unspecified atom stereocenters. The number of aromatic nitrogens is 2. The maximum Gasteiger partial charge on any atom is 0.119 e. The molecule has 0 radical (unpaired) electrons. The Hall–Kier alpha value is -2.04. The highest BCUT2D eigenvalue weighted by Crippen LogP contribution is 2.49. The van der Waals surface area contributed by atoms with Gasteiger partial charge in [-0.1, -0.05) is 56.3 Å². The third kappa shape index (κ3) is 2.07. The molecule has 1 heterocycles. The number of fused-ring (bicyclic) bond motifs is 4. The average Bonchev–Trinajstić information content (AvgIpc) is 3.19. The van der Waals surface area contributed by atoms with Crippen molar-refractivity contribution in [3.05, 3.63) is 70.2 Å². The predicted molar refractivity (Wildman–Crippen MR) is 108 cm³/mol. The third-order valence-electron chi connectivity index (χ3n) is 5.26. The fourth-order valence-corrected chi connectivity index (χ4v) is 5.04. The summed E-state index contributed by atoms with van der Waals surface area (Å²) in [4.78, 5) is 0. The van der Waals surface area contributed by atoms with Gasteiger partial charge in [-0.2, -0.15) is 8.75 Å². The lowest BCUT2D eigenvalue weighted by Gasteiger charge is -2.22. The van der Waals surface area contributed by atoms with Crippen LogP contribution in [0, 0.1) is 0 Å². The van der Waals surface area contributed by atoms with Crippen LogP contribution in [0.3, 0.4) is 0 Å². The lowest BCUT2D eigenvalue weighted by Crippen LogP contribution is -2.14. The Morgan fingerprint density at radius 2 is 1.52 bits per heavy atom. The average molecular weight is 407 g/mol. The predicted octanol–water partition coefficient (Wildman–Crippen LogP) is 6.43. The van der Waals surface area contributed by atoms with Crippen molar-refractivity contribution >= 4 is 38.7 Å². The minimum Gasteiger partial charge on any atom is -0.172 e. The van der Waals surface area contributed by atoms with Gasteiger partial charge >= 0.3 is 0 Å². The van der Waals surface area contributed by atoms with E-state index in [1.165, 1.54) is 39.5 Å². The Bertz CT molecular complexity index is 1140. The second-order valence-corrected chi connectivity index (χ2v) is 8.37. The molecule has 0 N–H and O–H groups in total. The number of nitrogens with zero attached hydrogens (tertiary/aromatic N) is 2. The van der Waals surface area contributed by atoms with E-state index in [1.54, 1.807) is 0 Å². The fourth-order valence-electron chi connectivity index (χ4n) is 3.94. The maximum absolute atomic E-state index is 4.53. The van der Waals surface area contributed by atoms with E-state index in [-0.39, 0.29) is 5.41 Å². The monoisotopic (exact) mass is 406 g/mol. The zero-order valence-corrected chi connectivity index (χ0v) is 16.3. The first kappa shape index (κ1) is 15.2. The van der Waals surface area contributed by atoms with Gasteiger partial charge in [0.2, 0.25) is 0 Å². The van der Waals surface area contributed by atoms with Crippen molar-refractivity contribution in [3.63, 3.8) is 0 Å². The zero-order valence-electron chi connectivity index (χ0n) is 13.9. The molecule has 0 saturated heterocycles. The summed E-state index contributed by atoms with van der Waals surface area (Å²) in [5.41, 5.74) is 9.73. The minimum absolute atomic E-state index is 0.0107. The highest BCUT2D eigenvalue weighted by molar-refractivity contribution is 9.10. The topological polar surface area (TPSA) is 25.8 Å². The van der Waals surface area contributed by atoms with Gasteiger partial charge in [-0.3, -0.25) is 0 Å². The van der Waals surface area contributed by atoms with Crippen LogP contribution < -0.4 is 0 Å². The molecule has 0 fully saturated rings. The molecule has 3 aromatic carbocycles. The summed E-state index contributed by atoms with van der Waals surface area (Å²) in [5.74, 6) is 0. The SMILES string of the molecule is CC1(C)c2ccccc2-c2ccc(-c3ccc(Br)c4nsnc34)cc21. The molecule has 0 amide bonds. The van der Waals surface area contributed by atoms with Crippen LogP contribution in [0.2, 0.25) is 0 Å². The first-order valence-electron chi connectivity index (χ1n) is 8.23. The van der Waals surface area contributed by atoms with Crippen LogP contribution in [0.5, 0.6) is 0 Å². The molecule has 0 spiro atoms. The van der Waals surface area contributed by atoms with Crippen LogP contribution >= 0.6 is 27.7 Å². The normalized spacial score (nSPS) is 14.5. The standard InChI is InChI=1S/C21H15BrN2S/c1-21(2)16-6-4-3-5-14(16)15-8-7-12(11-17(15)21)13-9-10-18(22)20-19(13)23-25-24-20/h3-11H,1-2H3. The van der Waals surface area contributed by atoms with E-state index in [9.17, 15) is 0 Å². The molecule has 1 aliphatic rings. The van der Waals surface area contributed by atoms with Crippen LogP contribution in [-0.4, -0.2) is 8.75 Å². The van der Waals surface area contributed by atoms with Crippen molar-refractivity contribution in [1.82, 2.24) is 8.75 Å². The Morgan fingerprint density at radius 1 is 0.800 bits per heavy atom. The lowest BCUT2D eigenvalue weighted by atomic mass is 9.81. The van der Waals surface area contributed by atoms with Crippen molar-refractivity contribution in [1.29, 1.82) is 0 Å². The van der Waals surface area contributed by atoms with E-state index < -0.39 is 0 Å². The minimum atomic E-state index is 0.0107. The first-order valence-corrected chi connectivity index (χ1v) is 9.75. The molecule has 1 aliphatic carbocycles. The summed E-state index contributed by atoms with van der Waals surface area (Å²) in [6.45, 7) is 4.62. The summed E-state index contributed by atoms with van der Waals surface area (Å²) < 4.78 is 9.94. The van der Waals surface area contributed by atoms with Crippen molar-refractivity contribution in [3.8, 4) is 22.3 Å². The number of rotatable bonds is 1. The molecular formula is C21H15BrN2S. The molecule has 5 rings (SSSR count). The van der Waals surface area contributed by atoms with Gasteiger partial charge in [-0.25, -0.2) is 0 Å². The van der Waals surface area contributed by atoms with Gasteiger partial charge in [0.05, 0.1) is 11.7 Å². The number of benzene rings is 3. The quantitative estimate of drug-likeness (QED) is 0.364. The van der Waals surface area contributed by atoms with Gasteiger partial charge in [0.15, 0.2) is 0 Å². The van der Waals surface area contributed by atoms with Crippen LogP contribution in [0.15, 0.2) is 59.1 Å². The molecule has 0 bridgehead atoms. The van der Waals surface area contributed by atoms with Crippen molar-refractivity contribution in [2.75, 3.05) is 0 Å². The van der Waals surface area contributed by atoms with Gasteiger partial charge in [0.25, 0.3) is 0 Å². The highest BCUT2D eigenvalue weighted by Gasteiger charge is 2.35. The van der Waals surface area contributed by atoms with E-state index in [0.29, 0.717) is 0 Å². The van der Waals surface area contributed by atoms with Crippen molar-refractivity contribution in [2.45, 2.75) is 19.3 Å². The molecule has 0 aliphatic heterocycles. The van der Waals surface area contributed by atoms with Crippen molar-refractivity contribution < 1.29 is 0 Å². The summed E-state index contributed by atoms with van der Waals surface area (Å²) >= 11 is 4.84. The number of halogens is 1. The summed E-state index contributed by atoms with van der Waals surface area (Å²) in [6.07, 6.45) is 0. The van der Waals surface area contributed by atoms with Gasteiger partial charge < -0.3 is 0 Å². The van der Waals surface area contributed by atoms with Crippen LogP contribution in [0.1, 0.15) is 25.0 Å². The molecule has 0 saturated carbocycles. The van der Waals surface area contributed by atoms with Gasteiger partial charge in [0, 0.05) is 15.5 Å². The Kier molecular flexibility index (Phi) is 3.19. The van der Waals surface area contributed by atoms with Crippen LogP contribution in [0.4, 0.5) is 0 Å². The third-order valence-corrected chi connectivity index (χ3v) is 6.43. The second-order valence-electron chi connectivity index (χ2n) is 6.99. The Balaban J connectivity index is 1.76. The zero-order chi connectivity index (χ0) is 17.2. The summed E-state index contributed by atoms with van der Waals surface area (Å²) in [5, 5.41) is 0. The molecule has 0 atom stereocenters. The maximum atomic E-state index is 4.53. The summed E-state index contributed by atoms with van der Waals surface area (Å²) in [6, 6.07) is 19.7. The molecule has 4 aromatic rings. The Morgan fingerprint density at radius 3 is 2.40 bits per heavy atom. The summed E-state index contributed by atoms with van der Waals surface area (Å²) in [7, 11) is 0. The smallest absolute Gasteiger partial charge is 0.119 e. The molecular weight excluding hydrogens is 392 g/mol. The van der Waals surface area contributed by atoms with Crippen LogP contribution in [0.25, 0.3) is 33.3 Å². The lowest BCUT2D eigenvalue weighted by molar-refractivity contribution is 0.660. The van der Waals surface area contributed by atoms with E-state index >= 15 is 0 Å². The van der Waals surface area contributed by atoms with Crippen molar-refractivity contribution in [2.24, 2.45) is 0 Å². The van der Waals surface area contributed by atoms with E-state index in [2.05, 4.69) is 93.1 Å². The van der Waals surface area contributed by atoms with E-state index in [4.69, 9.17) is 0 Å². The van der Waals surface area contributed by atoms with E-state index in [0.717, 1.165) is 21.1 Å². The van der Waals surface area contributed by atoms with Crippen LogP contribution in [-0.2, 0) is 5.41 Å². The van der Waals surface area contributed by atoms with Gasteiger partial charge in [-0.15, -0.1) is 0 Å². The highest BCUT2D eigenvalue weighted by atomic mass is 79.9. The second kappa shape index (κ2) is 5.23. The number of hydrogen-bond acceptors (Lipinski definition) is 3.